The van der Waals surface area contributed by atoms with Crippen LogP contribution in [0, 0.1) is 5.92 Å². The van der Waals surface area contributed by atoms with Crippen molar-refractivity contribution in [3.63, 3.8) is 0 Å². The Morgan fingerprint density at radius 3 is 2.44 bits per heavy atom. The van der Waals surface area contributed by atoms with Gasteiger partial charge in [-0.2, -0.15) is 0 Å². The van der Waals surface area contributed by atoms with Crippen molar-refractivity contribution in [3.05, 3.63) is 77.6 Å². The average Bonchev–Trinajstić information content (AvgIpc) is 2.89. The average molecular weight is 458 g/mol. The molecule has 0 saturated heterocycles. The Kier molecular flexibility index (Phi) is 8.80. The molecule has 0 spiro atoms. The predicted octanol–water partition coefficient (Wildman–Crippen LogP) is 6.11. The molecule has 1 fully saturated rings. The van der Waals surface area contributed by atoms with Crippen LogP contribution >= 0.6 is 0 Å². The Morgan fingerprint density at radius 2 is 1.71 bits per heavy atom. The second kappa shape index (κ2) is 12.4. The minimum Gasteiger partial charge on any atom is -0.392 e. The van der Waals surface area contributed by atoms with Gasteiger partial charge in [-0.1, -0.05) is 86.7 Å². The number of aliphatic hydroxyl groups excluding tert-OH is 1. The molecule has 5 nitrogen and oxygen atoms in total. The van der Waals surface area contributed by atoms with Crippen molar-refractivity contribution in [2.24, 2.45) is 5.92 Å². The molecule has 0 bridgehead atoms. The summed E-state index contributed by atoms with van der Waals surface area (Å²) in [4.78, 5) is 22.2. The number of nitrogens with one attached hydrogen (secondary N) is 1. The summed E-state index contributed by atoms with van der Waals surface area (Å²) >= 11 is 0. The molecule has 34 heavy (non-hydrogen) atoms. The molecule has 4 rings (SSSR count). The van der Waals surface area contributed by atoms with Gasteiger partial charge >= 0.3 is 0 Å². The first-order valence-corrected chi connectivity index (χ1v) is 12.6. The van der Waals surface area contributed by atoms with Crippen molar-refractivity contribution >= 4 is 11.7 Å². The van der Waals surface area contributed by atoms with Crippen molar-refractivity contribution in [1.29, 1.82) is 0 Å². The first-order chi connectivity index (χ1) is 16.7. The fourth-order valence-electron chi connectivity index (χ4n) is 4.74. The number of hydrogen-bond donors (Lipinski definition) is 2. The number of anilines is 1. The van der Waals surface area contributed by atoms with E-state index in [9.17, 15) is 9.90 Å². The van der Waals surface area contributed by atoms with Crippen LogP contribution < -0.4 is 5.32 Å². The van der Waals surface area contributed by atoms with E-state index in [0.29, 0.717) is 12.2 Å². The Hall–Kier alpha value is -3.05. The summed E-state index contributed by atoms with van der Waals surface area (Å²) < 4.78 is 0. The quantitative estimate of drug-likeness (QED) is 0.385. The third-order valence-electron chi connectivity index (χ3n) is 6.76. The molecule has 0 aliphatic heterocycles. The number of hydrogen-bond acceptors (Lipinski definition) is 4. The maximum Gasteiger partial charge on any atom is 0.225 e. The summed E-state index contributed by atoms with van der Waals surface area (Å²) in [6, 6.07) is 18.0. The topological polar surface area (TPSA) is 75.1 Å². The number of aliphatic hydroxyl groups is 1. The van der Waals surface area contributed by atoms with Crippen LogP contribution in [0.1, 0.15) is 68.2 Å². The lowest BCUT2D eigenvalue weighted by atomic mass is 9.86. The number of benzene rings is 2. The first-order valence-electron chi connectivity index (χ1n) is 12.6. The van der Waals surface area contributed by atoms with Gasteiger partial charge in [0.25, 0.3) is 0 Å². The molecule has 2 aromatic carbocycles. The van der Waals surface area contributed by atoms with E-state index in [2.05, 4.69) is 22.4 Å². The van der Waals surface area contributed by atoms with Crippen LogP contribution in [0.5, 0.6) is 0 Å². The van der Waals surface area contributed by atoms with Crippen LogP contribution in [0.4, 0.5) is 5.82 Å². The summed E-state index contributed by atoms with van der Waals surface area (Å²) in [5.74, 6) is 1.32. The highest BCUT2D eigenvalue weighted by Gasteiger charge is 2.17. The maximum absolute atomic E-state index is 12.7. The summed E-state index contributed by atoms with van der Waals surface area (Å²) in [5, 5.41) is 12.4. The molecule has 178 valence electrons. The highest BCUT2D eigenvalue weighted by Crippen LogP contribution is 2.29. The van der Waals surface area contributed by atoms with Crippen LogP contribution in [0.3, 0.4) is 0 Å². The van der Waals surface area contributed by atoms with Crippen molar-refractivity contribution in [2.45, 2.75) is 70.8 Å². The van der Waals surface area contributed by atoms with Crippen LogP contribution in [-0.2, 0) is 24.2 Å². The Balaban J connectivity index is 1.44. The molecule has 1 amide bonds. The number of aryl methyl sites for hydroxylation is 2. The smallest absolute Gasteiger partial charge is 0.225 e. The summed E-state index contributed by atoms with van der Waals surface area (Å²) in [7, 11) is 0. The van der Waals surface area contributed by atoms with Crippen LogP contribution in [0.15, 0.2) is 60.8 Å². The molecule has 0 radical (unpaired) electrons. The van der Waals surface area contributed by atoms with Gasteiger partial charge in [0.05, 0.1) is 24.2 Å². The van der Waals surface area contributed by atoms with Gasteiger partial charge in [-0.15, -0.1) is 0 Å². The lowest BCUT2D eigenvalue weighted by Crippen LogP contribution is -2.16. The number of aromatic nitrogens is 2. The Labute approximate surface area is 202 Å². The number of nitrogens with zero attached hydrogens (tertiary/aromatic N) is 2. The van der Waals surface area contributed by atoms with Gasteiger partial charge in [0.15, 0.2) is 5.82 Å². The van der Waals surface area contributed by atoms with E-state index >= 15 is 0 Å². The second-order valence-electron chi connectivity index (χ2n) is 9.34. The molecule has 1 aromatic heterocycles. The van der Waals surface area contributed by atoms with Gasteiger partial charge in [-0.05, 0) is 42.7 Å². The molecule has 3 aromatic rings. The van der Waals surface area contributed by atoms with Gasteiger partial charge < -0.3 is 10.4 Å². The van der Waals surface area contributed by atoms with Crippen molar-refractivity contribution in [2.75, 3.05) is 5.32 Å². The van der Waals surface area contributed by atoms with Gasteiger partial charge in [0.1, 0.15) is 0 Å². The van der Waals surface area contributed by atoms with Crippen LogP contribution in [-0.4, -0.2) is 21.0 Å². The van der Waals surface area contributed by atoms with E-state index in [4.69, 9.17) is 4.98 Å². The van der Waals surface area contributed by atoms with E-state index < -0.39 is 0 Å². The fourth-order valence-corrected chi connectivity index (χ4v) is 4.74. The minimum atomic E-state index is -0.0100. The molecule has 0 unspecified atom stereocenters. The molecule has 5 heteroatoms. The van der Waals surface area contributed by atoms with Gasteiger partial charge in [0, 0.05) is 12.0 Å². The zero-order valence-electron chi connectivity index (χ0n) is 19.9. The normalized spacial score (nSPS) is 14.1. The van der Waals surface area contributed by atoms with E-state index in [1.807, 2.05) is 42.5 Å². The van der Waals surface area contributed by atoms with E-state index in [0.717, 1.165) is 54.1 Å². The third kappa shape index (κ3) is 6.97. The van der Waals surface area contributed by atoms with Crippen molar-refractivity contribution < 1.29 is 9.90 Å². The van der Waals surface area contributed by atoms with Gasteiger partial charge in [-0.3, -0.25) is 4.79 Å². The number of amides is 1. The molecule has 2 N–H and O–H groups in total. The minimum absolute atomic E-state index is 0.0100. The molecule has 1 heterocycles. The zero-order chi connectivity index (χ0) is 23.6. The molecule has 0 atom stereocenters. The monoisotopic (exact) mass is 457 g/mol. The van der Waals surface area contributed by atoms with E-state index in [1.165, 1.54) is 37.7 Å². The summed E-state index contributed by atoms with van der Waals surface area (Å²) in [6.07, 6.45) is 12.3. The number of rotatable bonds is 10. The van der Waals surface area contributed by atoms with Gasteiger partial charge in [-0.25, -0.2) is 9.97 Å². The maximum atomic E-state index is 12.7. The molecular weight excluding hydrogens is 422 g/mol. The second-order valence-corrected chi connectivity index (χ2v) is 9.34. The molecular formula is C29H35N3O2. The summed E-state index contributed by atoms with van der Waals surface area (Å²) in [6.45, 7) is 0.0217. The molecule has 1 aliphatic rings. The van der Waals surface area contributed by atoms with Crippen LogP contribution in [0.25, 0.3) is 11.3 Å². The number of carbonyl (C=O) groups excluding carboxylic acids is 1. The standard InChI is InChI=1S/C29H35N3O2/c33-21-24-14-17-25(18-15-24)27-20-30-29(26(31-27)19-16-23-10-5-2-6-11-23)32-28(34)13-7-12-22-8-3-1-4-9-22/h1,3-4,8-9,14-15,17-18,20,23,33H,2,5-7,10-13,16,19,21H2,(H,30,32,34). The first kappa shape index (κ1) is 24.1. The largest absolute Gasteiger partial charge is 0.392 e. The SMILES string of the molecule is O=C(CCCc1ccccc1)Nc1ncc(-c2ccc(CO)cc2)nc1CCC1CCCCC1. The lowest BCUT2D eigenvalue weighted by Gasteiger charge is -2.21. The Bertz CT molecular complexity index is 1040. The van der Waals surface area contributed by atoms with Crippen molar-refractivity contribution in [3.8, 4) is 11.3 Å². The van der Waals surface area contributed by atoms with Gasteiger partial charge in [0.2, 0.25) is 5.91 Å². The van der Waals surface area contributed by atoms with E-state index in [-0.39, 0.29) is 12.5 Å². The molecule has 1 aliphatic carbocycles. The summed E-state index contributed by atoms with van der Waals surface area (Å²) in [5.41, 5.74) is 4.74. The predicted molar refractivity (Wildman–Crippen MR) is 136 cm³/mol. The molecule has 1 saturated carbocycles. The highest BCUT2D eigenvalue weighted by atomic mass is 16.3. The number of carbonyl (C=O) groups is 1. The Morgan fingerprint density at radius 1 is 0.941 bits per heavy atom. The van der Waals surface area contributed by atoms with E-state index in [1.54, 1.807) is 6.20 Å². The van der Waals surface area contributed by atoms with Crippen molar-refractivity contribution in [1.82, 2.24) is 9.97 Å². The fraction of sp³-hybridized carbons (Fsp3) is 0.414. The van der Waals surface area contributed by atoms with Crippen LogP contribution in [0.2, 0.25) is 0 Å². The zero-order valence-corrected chi connectivity index (χ0v) is 19.9. The highest BCUT2D eigenvalue weighted by molar-refractivity contribution is 5.90. The third-order valence-corrected chi connectivity index (χ3v) is 6.76. The lowest BCUT2D eigenvalue weighted by molar-refractivity contribution is -0.116.